The first kappa shape index (κ1) is 14.5. The van der Waals surface area contributed by atoms with Gasteiger partial charge in [0.2, 0.25) is 0 Å². The van der Waals surface area contributed by atoms with Crippen molar-refractivity contribution in [2.24, 2.45) is 0 Å². The molecule has 0 aliphatic carbocycles. The van der Waals surface area contributed by atoms with Crippen LogP contribution >= 0.6 is 12.2 Å². The van der Waals surface area contributed by atoms with Gasteiger partial charge in [-0.25, -0.2) is 0 Å². The van der Waals surface area contributed by atoms with Crippen LogP contribution in [0.2, 0.25) is 0 Å². The molecule has 2 nitrogen and oxygen atoms in total. The molecule has 1 aliphatic rings. The third-order valence-corrected chi connectivity index (χ3v) is 4.70. The lowest BCUT2D eigenvalue weighted by atomic mass is 9.75. The van der Waals surface area contributed by atoms with Crippen LogP contribution in [0.5, 0.6) is 0 Å². The molecule has 0 bridgehead atoms. The Kier molecular flexibility index (Phi) is 4.58. The Bertz CT molecular complexity index is 454. The number of benzene rings is 1. The van der Waals surface area contributed by atoms with E-state index in [0.717, 1.165) is 31.2 Å². The van der Waals surface area contributed by atoms with Gasteiger partial charge >= 0.3 is 0 Å². The fourth-order valence-electron chi connectivity index (χ4n) is 2.84. The number of hydrogen-bond donors (Lipinski definition) is 1. The summed E-state index contributed by atoms with van der Waals surface area (Å²) in [7, 11) is 0. The molecule has 1 aliphatic heterocycles. The van der Waals surface area contributed by atoms with Crippen LogP contribution in [0.15, 0.2) is 24.3 Å². The molecule has 1 aromatic rings. The van der Waals surface area contributed by atoms with Crippen LogP contribution in [0.4, 0.5) is 0 Å². The Labute approximate surface area is 122 Å². The van der Waals surface area contributed by atoms with E-state index in [9.17, 15) is 0 Å². The molecule has 104 valence electrons. The quantitative estimate of drug-likeness (QED) is 0.833. The van der Waals surface area contributed by atoms with Crippen LogP contribution in [0, 0.1) is 0 Å². The van der Waals surface area contributed by atoms with Crippen molar-refractivity contribution in [3.8, 4) is 0 Å². The molecule has 3 heteroatoms. The van der Waals surface area contributed by atoms with Gasteiger partial charge in [-0.05, 0) is 31.6 Å². The summed E-state index contributed by atoms with van der Waals surface area (Å²) in [4.78, 5) is 3.39. The first-order valence-electron chi connectivity index (χ1n) is 7.21. The van der Waals surface area contributed by atoms with Crippen LogP contribution in [0.25, 0.3) is 0 Å². The molecule has 1 N–H and O–H groups in total. The molecule has 2 rings (SSSR count). The van der Waals surface area contributed by atoms with E-state index in [-0.39, 0.29) is 5.41 Å². The van der Waals surface area contributed by atoms with Gasteiger partial charge in [0.05, 0.1) is 0 Å². The normalized spacial score (nSPS) is 22.2. The molecule has 0 fully saturated rings. The second-order valence-electron chi connectivity index (χ2n) is 5.57. The van der Waals surface area contributed by atoms with E-state index >= 15 is 0 Å². The zero-order valence-corrected chi connectivity index (χ0v) is 13.0. The van der Waals surface area contributed by atoms with Gasteiger partial charge in [0.25, 0.3) is 0 Å². The molecule has 1 unspecified atom stereocenters. The second kappa shape index (κ2) is 6.02. The van der Waals surface area contributed by atoms with E-state index in [1.54, 1.807) is 0 Å². The Balaban J connectivity index is 2.20. The third kappa shape index (κ3) is 2.98. The summed E-state index contributed by atoms with van der Waals surface area (Å²) in [5, 5.41) is 3.40. The summed E-state index contributed by atoms with van der Waals surface area (Å²) in [5.74, 6) is 0. The Morgan fingerprint density at radius 3 is 2.63 bits per heavy atom. The zero-order valence-electron chi connectivity index (χ0n) is 12.2. The number of hydrogen-bond acceptors (Lipinski definition) is 2. The number of nitrogens with one attached hydrogen (secondary N) is 1. The average Bonchev–Trinajstić information content (AvgIpc) is 2.45. The maximum absolute atomic E-state index is 5.42. The van der Waals surface area contributed by atoms with Crippen molar-refractivity contribution >= 4 is 17.2 Å². The summed E-state index contributed by atoms with van der Waals surface area (Å²) in [6, 6.07) is 8.58. The van der Waals surface area contributed by atoms with Crippen molar-refractivity contribution in [1.82, 2.24) is 10.2 Å². The predicted octanol–water partition coefficient (Wildman–Crippen LogP) is 2.95. The van der Waals surface area contributed by atoms with Crippen LogP contribution in [0.3, 0.4) is 0 Å². The molecule has 0 saturated carbocycles. The first-order valence-corrected chi connectivity index (χ1v) is 7.61. The highest BCUT2D eigenvalue weighted by Gasteiger charge is 2.33. The molecule has 1 aromatic carbocycles. The monoisotopic (exact) mass is 276 g/mol. The fourth-order valence-corrected chi connectivity index (χ4v) is 3.09. The van der Waals surface area contributed by atoms with Crippen LogP contribution in [-0.2, 0) is 5.41 Å². The smallest absolute Gasteiger partial charge is 0.106 e. The van der Waals surface area contributed by atoms with Crippen LogP contribution in [0.1, 0.15) is 38.3 Å². The number of nitrogens with zero attached hydrogens (tertiary/aromatic N) is 1. The van der Waals surface area contributed by atoms with E-state index in [1.807, 2.05) is 0 Å². The molecule has 1 atom stereocenters. The number of fused-ring (bicyclic) bond motifs is 1. The number of thiocarbonyl (C=S) groups is 1. The van der Waals surface area contributed by atoms with Gasteiger partial charge < -0.3 is 10.2 Å². The standard InChI is InChI=1S/C16H24N2S/c1-4-18(5-2)11-10-16(3)12-17-15(19)13-8-6-7-9-14(13)16/h6-9H,4-5,10-12H2,1-3H3,(H,17,19). The molecule has 0 spiro atoms. The lowest BCUT2D eigenvalue weighted by molar-refractivity contribution is 0.262. The fraction of sp³-hybridized carbons (Fsp3) is 0.562. The summed E-state index contributed by atoms with van der Waals surface area (Å²) >= 11 is 5.42. The van der Waals surface area contributed by atoms with Crippen molar-refractivity contribution in [1.29, 1.82) is 0 Å². The van der Waals surface area contributed by atoms with Gasteiger partial charge in [-0.3, -0.25) is 0 Å². The van der Waals surface area contributed by atoms with Crippen molar-refractivity contribution in [3.05, 3.63) is 35.4 Å². The molecule has 0 amide bonds. The van der Waals surface area contributed by atoms with E-state index in [1.165, 1.54) is 17.5 Å². The van der Waals surface area contributed by atoms with Crippen molar-refractivity contribution in [2.75, 3.05) is 26.2 Å². The van der Waals surface area contributed by atoms with Gasteiger partial charge in [-0.1, -0.05) is 57.3 Å². The maximum Gasteiger partial charge on any atom is 0.106 e. The van der Waals surface area contributed by atoms with Gasteiger partial charge in [-0.2, -0.15) is 0 Å². The second-order valence-corrected chi connectivity index (χ2v) is 5.97. The summed E-state index contributed by atoms with van der Waals surface area (Å²) < 4.78 is 0. The Morgan fingerprint density at radius 1 is 1.26 bits per heavy atom. The molecule has 19 heavy (non-hydrogen) atoms. The van der Waals surface area contributed by atoms with Crippen LogP contribution in [-0.4, -0.2) is 36.1 Å². The predicted molar refractivity (Wildman–Crippen MR) is 85.9 cm³/mol. The van der Waals surface area contributed by atoms with E-state index in [4.69, 9.17) is 12.2 Å². The van der Waals surface area contributed by atoms with E-state index in [0.29, 0.717) is 0 Å². The summed E-state index contributed by atoms with van der Waals surface area (Å²) in [5.41, 5.74) is 2.80. The summed E-state index contributed by atoms with van der Waals surface area (Å²) in [6.07, 6.45) is 1.17. The summed E-state index contributed by atoms with van der Waals surface area (Å²) in [6.45, 7) is 11.2. The van der Waals surface area contributed by atoms with Crippen LogP contribution < -0.4 is 5.32 Å². The minimum Gasteiger partial charge on any atom is -0.375 e. The van der Waals surface area contributed by atoms with Gasteiger partial charge in [-0.15, -0.1) is 0 Å². The lowest BCUT2D eigenvalue weighted by Crippen LogP contribution is -2.46. The van der Waals surface area contributed by atoms with Crippen molar-refractivity contribution in [3.63, 3.8) is 0 Å². The molecule has 0 aromatic heterocycles. The van der Waals surface area contributed by atoms with Crippen molar-refractivity contribution < 1.29 is 0 Å². The Hall–Kier alpha value is -0.930. The maximum atomic E-state index is 5.42. The average molecular weight is 276 g/mol. The first-order chi connectivity index (χ1) is 9.10. The topological polar surface area (TPSA) is 15.3 Å². The van der Waals surface area contributed by atoms with Gasteiger partial charge in [0.1, 0.15) is 4.99 Å². The van der Waals surface area contributed by atoms with Gasteiger partial charge in [0, 0.05) is 17.5 Å². The minimum absolute atomic E-state index is 0.182. The molecule has 0 radical (unpaired) electrons. The molecular weight excluding hydrogens is 252 g/mol. The zero-order chi connectivity index (χ0) is 13.9. The Morgan fingerprint density at radius 2 is 1.95 bits per heavy atom. The number of rotatable bonds is 5. The van der Waals surface area contributed by atoms with Gasteiger partial charge in [0.15, 0.2) is 0 Å². The van der Waals surface area contributed by atoms with E-state index < -0.39 is 0 Å². The highest BCUT2D eigenvalue weighted by molar-refractivity contribution is 7.80. The third-order valence-electron chi connectivity index (χ3n) is 4.34. The van der Waals surface area contributed by atoms with E-state index in [2.05, 4.69) is 55.3 Å². The minimum atomic E-state index is 0.182. The molecular formula is C16H24N2S. The largest absolute Gasteiger partial charge is 0.375 e. The molecule has 1 heterocycles. The SMILES string of the molecule is CCN(CC)CCC1(C)CNC(=S)c2ccccc21. The highest BCUT2D eigenvalue weighted by atomic mass is 32.1. The van der Waals surface area contributed by atoms with Crippen molar-refractivity contribution in [2.45, 2.75) is 32.6 Å². The lowest BCUT2D eigenvalue weighted by Gasteiger charge is -2.38. The highest BCUT2D eigenvalue weighted by Crippen LogP contribution is 2.33. The molecule has 0 saturated heterocycles.